The van der Waals surface area contributed by atoms with Gasteiger partial charge in [-0.3, -0.25) is 4.79 Å². The topological polar surface area (TPSA) is 26.3 Å². The van der Waals surface area contributed by atoms with Crippen molar-refractivity contribution in [2.75, 3.05) is 7.11 Å². The normalized spacial score (nSPS) is 10.4. The van der Waals surface area contributed by atoms with Crippen molar-refractivity contribution in [2.45, 2.75) is 26.2 Å². The zero-order chi connectivity index (χ0) is 13.7. The number of benzene rings is 1. The van der Waals surface area contributed by atoms with E-state index in [0.29, 0.717) is 12.8 Å². The first-order valence-electron chi connectivity index (χ1n) is 6.43. The number of aryl methyl sites for hydroxylation is 1. The Morgan fingerprint density at radius 2 is 1.74 bits per heavy atom. The van der Waals surface area contributed by atoms with Crippen LogP contribution in [0.25, 0.3) is 0 Å². The molecule has 2 rings (SSSR count). The summed E-state index contributed by atoms with van der Waals surface area (Å²) >= 11 is 1.74. The van der Waals surface area contributed by atoms with Crippen LogP contribution in [0.2, 0.25) is 0 Å². The molecule has 0 spiro atoms. The van der Waals surface area contributed by atoms with Crippen LogP contribution >= 0.6 is 11.3 Å². The minimum Gasteiger partial charge on any atom is -0.497 e. The van der Waals surface area contributed by atoms with Gasteiger partial charge in [0, 0.05) is 22.6 Å². The maximum Gasteiger partial charge on any atom is 0.142 e. The summed E-state index contributed by atoms with van der Waals surface area (Å²) in [4.78, 5) is 14.5. The van der Waals surface area contributed by atoms with Gasteiger partial charge in [0.15, 0.2) is 0 Å². The molecule has 0 amide bonds. The van der Waals surface area contributed by atoms with E-state index < -0.39 is 0 Å². The third-order valence-electron chi connectivity index (χ3n) is 3.00. The number of ether oxygens (including phenoxy) is 1. The fraction of sp³-hybridized carbons (Fsp3) is 0.312. The highest BCUT2D eigenvalue weighted by Crippen LogP contribution is 2.18. The molecule has 0 fully saturated rings. The summed E-state index contributed by atoms with van der Waals surface area (Å²) in [5, 5.41) is 0. The fourth-order valence-electron chi connectivity index (χ4n) is 1.94. The number of carbonyl (C=O) groups excluding carboxylic acids is 1. The molecule has 0 aliphatic carbocycles. The number of rotatable bonds is 6. The summed E-state index contributed by atoms with van der Waals surface area (Å²) in [6.45, 7) is 2.13. The van der Waals surface area contributed by atoms with Gasteiger partial charge in [-0.1, -0.05) is 19.1 Å². The van der Waals surface area contributed by atoms with Gasteiger partial charge in [-0.15, -0.1) is 11.3 Å². The van der Waals surface area contributed by atoms with Crippen molar-refractivity contribution in [3.8, 4) is 5.75 Å². The van der Waals surface area contributed by atoms with Crippen LogP contribution < -0.4 is 4.74 Å². The van der Waals surface area contributed by atoms with Crippen LogP contribution in [0.5, 0.6) is 5.75 Å². The summed E-state index contributed by atoms with van der Waals surface area (Å²) in [5.74, 6) is 1.08. The number of ketones is 1. The highest BCUT2D eigenvalue weighted by atomic mass is 32.1. The van der Waals surface area contributed by atoms with Crippen LogP contribution in [-0.2, 0) is 24.1 Å². The van der Waals surface area contributed by atoms with E-state index in [1.54, 1.807) is 18.4 Å². The van der Waals surface area contributed by atoms with E-state index in [2.05, 4.69) is 19.1 Å². The molecule has 1 heterocycles. The Labute approximate surface area is 118 Å². The summed E-state index contributed by atoms with van der Waals surface area (Å²) in [7, 11) is 1.64. The van der Waals surface area contributed by atoms with Gasteiger partial charge in [0.1, 0.15) is 11.5 Å². The van der Waals surface area contributed by atoms with Gasteiger partial charge in [0.05, 0.1) is 7.11 Å². The van der Waals surface area contributed by atoms with Crippen molar-refractivity contribution in [1.29, 1.82) is 0 Å². The predicted molar refractivity (Wildman–Crippen MR) is 79.1 cm³/mol. The van der Waals surface area contributed by atoms with Crippen LogP contribution in [0.3, 0.4) is 0 Å². The number of hydrogen-bond donors (Lipinski definition) is 0. The van der Waals surface area contributed by atoms with E-state index in [1.807, 2.05) is 24.3 Å². The van der Waals surface area contributed by atoms with Crippen molar-refractivity contribution >= 4 is 17.1 Å². The SMILES string of the molecule is CCc1ccc(CC(=O)Cc2ccc(OC)cc2)s1. The third-order valence-corrected chi connectivity index (χ3v) is 4.23. The molecule has 0 saturated carbocycles. The third kappa shape index (κ3) is 3.93. The molecule has 0 atom stereocenters. The Morgan fingerprint density at radius 1 is 1.05 bits per heavy atom. The van der Waals surface area contributed by atoms with Crippen molar-refractivity contribution in [3.05, 3.63) is 51.7 Å². The van der Waals surface area contributed by atoms with Gasteiger partial charge in [0.2, 0.25) is 0 Å². The van der Waals surface area contributed by atoms with E-state index in [4.69, 9.17) is 4.74 Å². The zero-order valence-electron chi connectivity index (χ0n) is 11.3. The van der Waals surface area contributed by atoms with Crippen LogP contribution in [0.15, 0.2) is 36.4 Å². The van der Waals surface area contributed by atoms with Crippen molar-refractivity contribution < 1.29 is 9.53 Å². The van der Waals surface area contributed by atoms with Gasteiger partial charge in [-0.05, 0) is 36.2 Å². The van der Waals surface area contributed by atoms with E-state index in [9.17, 15) is 4.79 Å². The summed E-state index contributed by atoms with van der Waals surface area (Å²) in [5.41, 5.74) is 1.04. The molecule has 2 nitrogen and oxygen atoms in total. The number of Topliss-reactive ketones (excluding diaryl/α,β-unsaturated/α-hetero) is 1. The molecule has 0 aliphatic rings. The standard InChI is InChI=1S/C16H18O2S/c1-3-15-8-9-16(19-15)11-13(17)10-12-4-6-14(18-2)7-5-12/h4-9H,3,10-11H2,1-2H3. The molecule has 0 bridgehead atoms. The van der Waals surface area contributed by atoms with E-state index in [-0.39, 0.29) is 5.78 Å². The highest BCUT2D eigenvalue weighted by molar-refractivity contribution is 7.12. The quantitative estimate of drug-likeness (QED) is 0.803. The average molecular weight is 274 g/mol. The Bertz CT molecular complexity index is 540. The molecule has 0 aliphatic heterocycles. The molecular weight excluding hydrogens is 256 g/mol. The maximum absolute atomic E-state index is 12.0. The van der Waals surface area contributed by atoms with Gasteiger partial charge in [0.25, 0.3) is 0 Å². The van der Waals surface area contributed by atoms with Crippen molar-refractivity contribution in [3.63, 3.8) is 0 Å². The predicted octanol–water partition coefficient (Wildman–Crippen LogP) is 3.67. The van der Waals surface area contributed by atoms with Gasteiger partial charge < -0.3 is 4.74 Å². The number of carbonyl (C=O) groups is 1. The molecule has 1 aromatic heterocycles. The summed E-state index contributed by atoms with van der Waals surface area (Å²) in [6, 6.07) is 11.9. The first kappa shape index (κ1) is 13.8. The Balaban J connectivity index is 1.93. The monoisotopic (exact) mass is 274 g/mol. The Kier molecular flexibility index (Phi) is 4.74. The molecule has 0 radical (unpaired) electrons. The van der Waals surface area contributed by atoms with E-state index in [0.717, 1.165) is 22.6 Å². The maximum atomic E-state index is 12.0. The second-order valence-corrected chi connectivity index (χ2v) is 5.71. The first-order chi connectivity index (χ1) is 9.21. The Hall–Kier alpha value is -1.61. The van der Waals surface area contributed by atoms with Gasteiger partial charge >= 0.3 is 0 Å². The molecule has 0 unspecified atom stereocenters. The lowest BCUT2D eigenvalue weighted by Crippen LogP contribution is -2.05. The smallest absolute Gasteiger partial charge is 0.142 e. The molecule has 19 heavy (non-hydrogen) atoms. The molecular formula is C16H18O2S. The molecule has 3 heteroatoms. The zero-order valence-corrected chi connectivity index (χ0v) is 12.1. The molecule has 100 valence electrons. The van der Waals surface area contributed by atoms with E-state index >= 15 is 0 Å². The van der Waals surface area contributed by atoms with Crippen LogP contribution in [-0.4, -0.2) is 12.9 Å². The number of thiophene rings is 1. The van der Waals surface area contributed by atoms with E-state index in [1.165, 1.54) is 4.88 Å². The fourth-order valence-corrected chi connectivity index (χ4v) is 2.92. The van der Waals surface area contributed by atoms with Crippen LogP contribution in [0.4, 0.5) is 0 Å². The average Bonchev–Trinajstić information content (AvgIpc) is 2.87. The number of methoxy groups -OCH3 is 1. The summed E-state index contributed by atoms with van der Waals surface area (Å²) < 4.78 is 5.10. The largest absolute Gasteiger partial charge is 0.497 e. The second-order valence-electron chi connectivity index (χ2n) is 4.46. The Morgan fingerprint density at radius 3 is 2.32 bits per heavy atom. The minimum absolute atomic E-state index is 0.259. The lowest BCUT2D eigenvalue weighted by Gasteiger charge is -2.02. The minimum atomic E-state index is 0.259. The van der Waals surface area contributed by atoms with Crippen molar-refractivity contribution in [1.82, 2.24) is 0 Å². The first-order valence-corrected chi connectivity index (χ1v) is 7.25. The molecule has 2 aromatic rings. The molecule has 1 aromatic carbocycles. The van der Waals surface area contributed by atoms with Crippen LogP contribution in [0, 0.1) is 0 Å². The lowest BCUT2D eigenvalue weighted by atomic mass is 10.1. The number of hydrogen-bond acceptors (Lipinski definition) is 3. The van der Waals surface area contributed by atoms with Crippen molar-refractivity contribution in [2.24, 2.45) is 0 Å². The van der Waals surface area contributed by atoms with Gasteiger partial charge in [-0.2, -0.15) is 0 Å². The highest BCUT2D eigenvalue weighted by Gasteiger charge is 2.07. The van der Waals surface area contributed by atoms with Gasteiger partial charge in [-0.25, -0.2) is 0 Å². The molecule has 0 saturated heterocycles. The summed E-state index contributed by atoms with van der Waals surface area (Å²) in [6.07, 6.45) is 2.07. The lowest BCUT2D eigenvalue weighted by molar-refractivity contribution is -0.117. The molecule has 0 N–H and O–H groups in total. The second kappa shape index (κ2) is 6.53. The van der Waals surface area contributed by atoms with Crippen LogP contribution in [0.1, 0.15) is 22.2 Å².